The van der Waals surface area contributed by atoms with Gasteiger partial charge in [0, 0.05) is 31.1 Å². The molecular weight excluding hydrogens is 359 g/mol. The number of rotatable bonds is 5. The number of nitrogens with one attached hydrogen (secondary N) is 1. The lowest BCUT2D eigenvalue weighted by Crippen LogP contribution is -2.08. The van der Waals surface area contributed by atoms with Gasteiger partial charge < -0.3 is 5.32 Å². The first-order valence-corrected chi connectivity index (χ1v) is 7.96. The van der Waals surface area contributed by atoms with Gasteiger partial charge in [0.25, 0.3) is 0 Å². The molecule has 0 saturated carbocycles. The Hall–Kier alpha value is -3.36. The van der Waals surface area contributed by atoms with Crippen LogP contribution in [0.4, 0.5) is 18.9 Å². The molecule has 0 unspecified atom stereocenters. The van der Waals surface area contributed by atoms with Gasteiger partial charge in [-0.25, -0.2) is 0 Å². The molecule has 2 heterocycles. The van der Waals surface area contributed by atoms with Gasteiger partial charge in [-0.05, 0) is 23.8 Å². The highest BCUT2D eigenvalue weighted by Crippen LogP contribution is 2.29. The van der Waals surface area contributed by atoms with Crippen molar-refractivity contribution in [3.05, 3.63) is 71.8 Å². The van der Waals surface area contributed by atoms with E-state index in [4.69, 9.17) is 0 Å². The van der Waals surface area contributed by atoms with Gasteiger partial charge in [-0.3, -0.25) is 14.2 Å². The molecule has 1 N–H and O–H groups in total. The van der Waals surface area contributed by atoms with Gasteiger partial charge in [0.15, 0.2) is 0 Å². The summed E-state index contributed by atoms with van der Waals surface area (Å²) in [4.78, 5) is 11.9. The van der Waals surface area contributed by atoms with E-state index in [2.05, 4.69) is 15.5 Å². The summed E-state index contributed by atoms with van der Waals surface area (Å²) in [5.74, 6) is -0.350. The summed E-state index contributed by atoms with van der Waals surface area (Å²) >= 11 is 0. The molecule has 1 aromatic carbocycles. The second kappa shape index (κ2) is 7.48. The zero-order valence-corrected chi connectivity index (χ0v) is 14.3. The van der Waals surface area contributed by atoms with E-state index in [9.17, 15) is 18.0 Å². The predicted molar refractivity (Wildman–Crippen MR) is 93.6 cm³/mol. The molecule has 0 bridgehead atoms. The van der Waals surface area contributed by atoms with E-state index in [-0.39, 0.29) is 12.5 Å². The summed E-state index contributed by atoms with van der Waals surface area (Å²) in [7, 11) is 1.77. The fourth-order valence-corrected chi connectivity index (χ4v) is 2.43. The number of carbonyl (C=O) groups excluding carboxylic acids is 1. The molecule has 0 saturated heterocycles. The number of benzene rings is 1. The van der Waals surface area contributed by atoms with Crippen LogP contribution in [-0.2, 0) is 24.6 Å². The van der Waals surface area contributed by atoms with Crippen LogP contribution in [0.15, 0.2) is 55.1 Å². The lowest BCUT2D eigenvalue weighted by atomic mass is 10.1. The second-order valence-corrected chi connectivity index (χ2v) is 5.89. The Balaban J connectivity index is 1.61. The van der Waals surface area contributed by atoms with Crippen molar-refractivity contribution < 1.29 is 18.0 Å². The van der Waals surface area contributed by atoms with Gasteiger partial charge in [-0.2, -0.15) is 23.4 Å². The number of alkyl halides is 3. The Morgan fingerprint density at radius 3 is 2.74 bits per heavy atom. The van der Waals surface area contributed by atoms with Crippen LogP contribution in [-0.4, -0.2) is 25.5 Å². The van der Waals surface area contributed by atoms with Gasteiger partial charge in [0.1, 0.15) is 0 Å². The molecule has 9 heteroatoms. The number of halogens is 3. The average molecular weight is 375 g/mol. The summed E-state index contributed by atoms with van der Waals surface area (Å²) < 4.78 is 41.4. The highest BCUT2D eigenvalue weighted by molar-refractivity contribution is 6.01. The molecule has 2 aromatic heterocycles. The summed E-state index contributed by atoms with van der Waals surface area (Å²) in [5.41, 5.74) is 0.985. The Morgan fingerprint density at radius 2 is 2.04 bits per heavy atom. The monoisotopic (exact) mass is 375 g/mol. The van der Waals surface area contributed by atoms with Crippen LogP contribution in [0.25, 0.3) is 6.08 Å². The minimum absolute atomic E-state index is 0.158. The fraction of sp³-hybridized carbons (Fsp3) is 0.167. The van der Waals surface area contributed by atoms with Crippen LogP contribution < -0.4 is 5.32 Å². The number of amides is 1. The molecule has 3 rings (SSSR count). The van der Waals surface area contributed by atoms with Crippen LogP contribution in [0.2, 0.25) is 0 Å². The average Bonchev–Trinajstić information content (AvgIpc) is 3.21. The maximum atomic E-state index is 12.8. The fourth-order valence-electron chi connectivity index (χ4n) is 2.43. The van der Waals surface area contributed by atoms with Crippen molar-refractivity contribution in [3.63, 3.8) is 0 Å². The van der Waals surface area contributed by atoms with Crippen molar-refractivity contribution in [2.75, 3.05) is 5.32 Å². The Morgan fingerprint density at radius 1 is 1.22 bits per heavy atom. The third kappa shape index (κ3) is 5.06. The number of hydrogen-bond acceptors (Lipinski definition) is 3. The summed E-state index contributed by atoms with van der Waals surface area (Å²) in [5, 5.41) is 10.7. The molecule has 6 nitrogen and oxygen atoms in total. The summed E-state index contributed by atoms with van der Waals surface area (Å²) in [6.45, 7) is 0.158. The molecule has 0 spiro atoms. The molecule has 27 heavy (non-hydrogen) atoms. The lowest BCUT2D eigenvalue weighted by Gasteiger charge is -2.08. The highest BCUT2D eigenvalue weighted by Gasteiger charge is 2.30. The van der Waals surface area contributed by atoms with Crippen LogP contribution in [0.1, 0.15) is 16.7 Å². The van der Waals surface area contributed by atoms with Crippen LogP contribution in [0.3, 0.4) is 0 Å². The quantitative estimate of drug-likeness (QED) is 0.696. The maximum absolute atomic E-state index is 12.8. The molecule has 0 fully saturated rings. The molecule has 1 amide bonds. The van der Waals surface area contributed by atoms with Crippen LogP contribution in [0.5, 0.6) is 0 Å². The zero-order chi connectivity index (χ0) is 19.4. The third-order valence-corrected chi connectivity index (χ3v) is 3.65. The molecule has 0 aliphatic carbocycles. The normalized spacial score (nSPS) is 11.9. The van der Waals surface area contributed by atoms with E-state index < -0.39 is 11.7 Å². The minimum atomic E-state index is -4.39. The first-order valence-electron chi connectivity index (χ1n) is 7.96. The van der Waals surface area contributed by atoms with Crippen molar-refractivity contribution >= 4 is 17.7 Å². The van der Waals surface area contributed by atoms with E-state index in [1.165, 1.54) is 23.0 Å². The molecular formula is C18H16F3N5O. The molecule has 0 radical (unpaired) electrons. The standard InChI is InChI=1S/C18H16F3N5O/c1-25-10-14(8-22-25)5-6-17(27)24-16-9-23-26(12-16)11-13-3-2-4-15(7-13)18(19,20)21/h2-10,12H,11H2,1H3,(H,24,27)/b6-5+. The van der Waals surface area contributed by atoms with Gasteiger partial charge in [0.05, 0.1) is 30.2 Å². The van der Waals surface area contributed by atoms with E-state index in [1.807, 2.05) is 0 Å². The summed E-state index contributed by atoms with van der Waals surface area (Å²) in [6, 6.07) is 5.04. The molecule has 140 valence electrons. The van der Waals surface area contributed by atoms with Crippen molar-refractivity contribution in [2.24, 2.45) is 7.05 Å². The highest BCUT2D eigenvalue weighted by atomic mass is 19.4. The zero-order valence-electron chi connectivity index (χ0n) is 14.3. The minimum Gasteiger partial charge on any atom is -0.320 e. The van der Waals surface area contributed by atoms with Crippen LogP contribution in [0, 0.1) is 0 Å². The SMILES string of the molecule is Cn1cc(/C=C/C(=O)Nc2cnn(Cc3cccc(C(F)(F)F)c3)c2)cn1. The molecule has 0 atom stereocenters. The van der Waals surface area contributed by atoms with Gasteiger partial charge in [-0.15, -0.1) is 0 Å². The molecule has 0 aliphatic heterocycles. The third-order valence-electron chi connectivity index (χ3n) is 3.65. The predicted octanol–water partition coefficient (Wildman–Crippen LogP) is 3.34. The number of aryl methyl sites for hydroxylation is 1. The van der Waals surface area contributed by atoms with Crippen molar-refractivity contribution in [1.82, 2.24) is 19.6 Å². The first-order chi connectivity index (χ1) is 12.8. The summed E-state index contributed by atoms with van der Waals surface area (Å²) in [6.07, 6.45) is 4.96. The van der Waals surface area contributed by atoms with E-state index in [0.717, 1.165) is 17.7 Å². The smallest absolute Gasteiger partial charge is 0.320 e. The maximum Gasteiger partial charge on any atom is 0.416 e. The van der Waals surface area contributed by atoms with Crippen molar-refractivity contribution in [1.29, 1.82) is 0 Å². The van der Waals surface area contributed by atoms with E-state index >= 15 is 0 Å². The first kappa shape index (κ1) is 18.4. The number of aromatic nitrogens is 4. The van der Waals surface area contributed by atoms with E-state index in [1.54, 1.807) is 42.5 Å². The lowest BCUT2D eigenvalue weighted by molar-refractivity contribution is -0.137. The van der Waals surface area contributed by atoms with Crippen molar-refractivity contribution in [3.8, 4) is 0 Å². The van der Waals surface area contributed by atoms with Gasteiger partial charge >= 0.3 is 6.18 Å². The molecule has 0 aliphatic rings. The largest absolute Gasteiger partial charge is 0.416 e. The Bertz CT molecular complexity index is 971. The number of anilines is 1. The number of hydrogen-bond donors (Lipinski definition) is 1. The van der Waals surface area contributed by atoms with Crippen molar-refractivity contribution in [2.45, 2.75) is 12.7 Å². The Kier molecular flexibility index (Phi) is 5.11. The number of carbonyl (C=O) groups is 1. The van der Waals surface area contributed by atoms with Gasteiger partial charge in [0.2, 0.25) is 5.91 Å². The van der Waals surface area contributed by atoms with Crippen LogP contribution >= 0.6 is 0 Å². The Labute approximate surface area is 152 Å². The topological polar surface area (TPSA) is 64.7 Å². The second-order valence-electron chi connectivity index (χ2n) is 5.89. The number of nitrogens with zero attached hydrogens (tertiary/aromatic N) is 4. The van der Waals surface area contributed by atoms with Gasteiger partial charge in [-0.1, -0.05) is 12.1 Å². The molecule has 3 aromatic rings. The van der Waals surface area contributed by atoms with E-state index in [0.29, 0.717) is 11.3 Å².